The quantitative estimate of drug-likeness (QED) is 0.544. The third kappa shape index (κ3) is 5.25. The van der Waals surface area contributed by atoms with E-state index in [4.69, 9.17) is 16.3 Å². The lowest BCUT2D eigenvalue weighted by molar-refractivity contribution is -0.119. The summed E-state index contributed by atoms with van der Waals surface area (Å²) in [6.45, 7) is -0.0270. The van der Waals surface area contributed by atoms with Crippen molar-refractivity contribution in [3.63, 3.8) is 0 Å². The van der Waals surface area contributed by atoms with Crippen LogP contribution in [-0.4, -0.2) is 31.3 Å². The summed E-state index contributed by atoms with van der Waals surface area (Å²) in [7, 11) is 1.46. The van der Waals surface area contributed by atoms with Gasteiger partial charge in [-0.05, 0) is 35.7 Å². The minimum absolute atomic E-state index is 0.0270. The molecule has 0 spiro atoms. The van der Waals surface area contributed by atoms with Crippen LogP contribution in [0.3, 0.4) is 0 Å². The van der Waals surface area contributed by atoms with Gasteiger partial charge in [0.25, 0.3) is 0 Å². The van der Waals surface area contributed by atoms with Gasteiger partial charge < -0.3 is 15.4 Å². The van der Waals surface area contributed by atoms with Gasteiger partial charge in [-0.15, -0.1) is 11.8 Å². The second kappa shape index (κ2) is 9.59. The number of amides is 2. The molecular weight excluding hydrogens is 396 g/mol. The van der Waals surface area contributed by atoms with Gasteiger partial charge in [-0.3, -0.25) is 9.59 Å². The van der Waals surface area contributed by atoms with Gasteiger partial charge in [-0.1, -0.05) is 41.9 Å². The molecule has 3 aromatic rings. The van der Waals surface area contributed by atoms with E-state index in [1.165, 1.54) is 18.9 Å². The van der Waals surface area contributed by atoms with Gasteiger partial charge in [-0.25, -0.2) is 0 Å². The van der Waals surface area contributed by atoms with Gasteiger partial charge in [0.05, 0.1) is 5.75 Å². The van der Waals surface area contributed by atoms with E-state index in [-0.39, 0.29) is 24.2 Å². The number of hydrogen-bond acceptors (Lipinski definition) is 4. The zero-order valence-electron chi connectivity index (χ0n) is 15.2. The molecule has 0 aliphatic carbocycles. The number of rotatable bonds is 7. The summed E-state index contributed by atoms with van der Waals surface area (Å²) in [5, 5.41) is 8.21. The summed E-state index contributed by atoms with van der Waals surface area (Å²) in [5.41, 5.74) is 1.20. The molecule has 0 aromatic heterocycles. The standard InChI is InChI=1S/C21H19ClN2O3S/c1-27-12-19(25)23-15-7-4-8-16(11-15)24-20(26)13-28-18-10-3-6-14-5-2-9-17(22)21(14)18/h2-11H,12-13H2,1H3,(H,23,25)(H,24,26). The minimum atomic E-state index is -0.255. The maximum atomic E-state index is 12.4. The average Bonchev–Trinajstić information content (AvgIpc) is 2.67. The molecule has 0 unspecified atom stereocenters. The van der Waals surface area contributed by atoms with E-state index in [1.54, 1.807) is 24.3 Å². The first kappa shape index (κ1) is 20.2. The van der Waals surface area contributed by atoms with Crippen LogP contribution in [0.5, 0.6) is 0 Å². The van der Waals surface area contributed by atoms with Crippen LogP contribution in [0.1, 0.15) is 0 Å². The van der Waals surface area contributed by atoms with Crippen LogP contribution in [0.2, 0.25) is 5.02 Å². The molecule has 0 atom stereocenters. The van der Waals surface area contributed by atoms with Crippen LogP contribution >= 0.6 is 23.4 Å². The van der Waals surface area contributed by atoms with Crippen LogP contribution in [0.15, 0.2) is 65.6 Å². The predicted octanol–water partition coefficient (Wildman–Crippen LogP) is 4.81. The second-order valence-electron chi connectivity index (χ2n) is 5.99. The lowest BCUT2D eigenvalue weighted by Gasteiger charge is -2.10. The van der Waals surface area contributed by atoms with Gasteiger partial charge in [-0.2, -0.15) is 0 Å². The molecule has 0 aliphatic rings. The van der Waals surface area contributed by atoms with Crippen molar-refractivity contribution in [3.8, 4) is 0 Å². The number of methoxy groups -OCH3 is 1. The van der Waals surface area contributed by atoms with Crippen molar-refractivity contribution >= 4 is 57.3 Å². The van der Waals surface area contributed by atoms with Crippen LogP contribution < -0.4 is 10.6 Å². The van der Waals surface area contributed by atoms with Crippen LogP contribution in [0.25, 0.3) is 10.8 Å². The SMILES string of the molecule is COCC(=O)Nc1cccc(NC(=O)CSc2cccc3cccc(Cl)c23)c1. The van der Waals surface area contributed by atoms with Gasteiger partial charge in [0.15, 0.2) is 0 Å². The van der Waals surface area contributed by atoms with Gasteiger partial charge in [0.2, 0.25) is 11.8 Å². The van der Waals surface area contributed by atoms with E-state index in [0.29, 0.717) is 16.4 Å². The Kier molecular flexibility index (Phi) is 6.92. The van der Waals surface area contributed by atoms with Gasteiger partial charge in [0.1, 0.15) is 6.61 Å². The highest BCUT2D eigenvalue weighted by Gasteiger charge is 2.09. The van der Waals surface area contributed by atoms with Crippen LogP contribution in [0, 0.1) is 0 Å². The van der Waals surface area contributed by atoms with Gasteiger partial charge >= 0.3 is 0 Å². The van der Waals surface area contributed by atoms with Crippen molar-refractivity contribution < 1.29 is 14.3 Å². The molecule has 5 nitrogen and oxygen atoms in total. The molecule has 0 saturated heterocycles. The fraction of sp³-hybridized carbons (Fsp3) is 0.143. The van der Waals surface area contributed by atoms with Crippen molar-refractivity contribution in [2.24, 2.45) is 0 Å². The molecule has 0 radical (unpaired) electrons. The monoisotopic (exact) mass is 414 g/mol. The van der Waals surface area contributed by atoms with Crippen molar-refractivity contribution in [2.75, 3.05) is 30.1 Å². The predicted molar refractivity (Wildman–Crippen MR) is 115 cm³/mol. The molecule has 0 fully saturated rings. The minimum Gasteiger partial charge on any atom is -0.375 e. The number of carbonyl (C=O) groups is 2. The van der Waals surface area contributed by atoms with Gasteiger partial charge in [0, 0.05) is 33.8 Å². The van der Waals surface area contributed by atoms with E-state index in [0.717, 1.165) is 15.7 Å². The van der Waals surface area contributed by atoms with Crippen molar-refractivity contribution in [2.45, 2.75) is 4.90 Å². The largest absolute Gasteiger partial charge is 0.375 e. The Hall–Kier alpha value is -2.54. The number of carbonyl (C=O) groups excluding carboxylic acids is 2. The zero-order valence-corrected chi connectivity index (χ0v) is 16.8. The molecule has 2 N–H and O–H groups in total. The summed E-state index contributed by atoms with van der Waals surface area (Å²) in [5.74, 6) is -0.159. The molecule has 0 heterocycles. The van der Waals surface area contributed by atoms with Crippen molar-refractivity contribution in [3.05, 3.63) is 65.7 Å². The smallest absolute Gasteiger partial charge is 0.250 e. The number of nitrogens with one attached hydrogen (secondary N) is 2. The summed E-state index contributed by atoms with van der Waals surface area (Å²) in [6, 6.07) is 18.6. The first-order valence-electron chi connectivity index (χ1n) is 8.55. The third-order valence-corrected chi connectivity index (χ3v) is 5.25. The molecular formula is C21H19ClN2O3S. The highest BCUT2D eigenvalue weighted by atomic mass is 35.5. The molecule has 0 saturated carbocycles. The zero-order chi connectivity index (χ0) is 19.9. The molecule has 144 valence electrons. The maximum absolute atomic E-state index is 12.4. The first-order chi connectivity index (χ1) is 13.6. The Bertz CT molecular complexity index is 1000. The number of fused-ring (bicyclic) bond motifs is 1. The average molecular weight is 415 g/mol. The second-order valence-corrected chi connectivity index (χ2v) is 7.42. The summed E-state index contributed by atoms with van der Waals surface area (Å²) < 4.78 is 4.79. The van der Waals surface area contributed by atoms with E-state index < -0.39 is 0 Å². The molecule has 3 aromatic carbocycles. The molecule has 0 aliphatic heterocycles. The fourth-order valence-electron chi connectivity index (χ4n) is 2.73. The number of hydrogen-bond donors (Lipinski definition) is 2. The van der Waals surface area contributed by atoms with Crippen molar-refractivity contribution in [1.82, 2.24) is 0 Å². The Labute approximate surface area is 172 Å². The molecule has 7 heteroatoms. The van der Waals surface area contributed by atoms with E-state index in [2.05, 4.69) is 10.6 Å². The third-order valence-electron chi connectivity index (χ3n) is 3.88. The molecule has 28 heavy (non-hydrogen) atoms. The molecule has 2 amide bonds. The number of benzene rings is 3. The number of anilines is 2. The van der Waals surface area contributed by atoms with E-state index in [1.807, 2.05) is 36.4 Å². The van der Waals surface area contributed by atoms with E-state index >= 15 is 0 Å². The topological polar surface area (TPSA) is 67.4 Å². The number of halogens is 1. The lowest BCUT2D eigenvalue weighted by Crippen LogP contribution is -2.18. The van der Waals surface area contributed by atoms with Crippen molar-refractivity contribution in [1.29, 1.82) is 0 Å². The maximum Gasteiger partial charge on any atom is 0.250 e. The lowest BCUT2D eigenvalue weighted by atomic mass is 10.1. The van der Waals surface area contributed by atoms with E-state index in [9.17, 15) is 9.59 Å². The normalized spacial score (nSPS) is 10.6. The Morgan fingerprint density at radius 2 is 1.61 bits per heavy atom. The first-order valence-corrected chi connectivity index (χ1v) is 9.92. The highest BCUT2D eigenvalue weighted by molar-refractivity contribution is 8.00. The van der Waals surface area contributed by atoms with Crippen LogP contribution in [-0.2, 0) is 14.3 Å². The summed E-state index contributed by atoms with van der Waals surface area (Å²) in [4.78, 5) is 24.9. The fourth-order valence-corrected chi connectivity index (χ4v) is 3.97. The Morgan fingerprint density at radius 3 is 2.32 bits per heavy atom. The number of ether oxygens (including phenoxy) is 1. The number of thioether (sulfide) groups is 1. The van der Waals surface area contributed by atoms with Crippen LogP contribution in [0.4, 0.5) is 11.4 Å². The Morgan fingerprint density at radius 1 is 0.964 bits per heavy atom. The molecule has 3 rings (SSSR count). The highest BCUT2D eigenvalue weighted by Crippen LogP contribution is 2.33. The Balaban J connectivity index is 1.63. The molecule has 0 bridgehead atoms. The summed E-state index contributed by atoms with van der Waals surface area (Å²) >= 11 is 7.76. The summed E-state index contributed by atoms with van der Waals surface area (Å²) in [6.07, 6.45) is 0.